The number of rotatable bonds is 14. The molecule has 0 aromatic rings. The Hall–Kier alpha value is 1.34. The lowest BCUT2D eigenvalue weighted by molar-refractivity contribution is 0.627. The van der Waals surface area contributed by atoms with E-state index in [2.05, 4.69) is 13.8 Å². The Morgan fingerprint density at radius 2 is 0.913 bits per heavy atom. The molecule has 0 aliphatic carbocycles. The van der Waals surface area contributed by atoms with Crippen LogP contribution in [0.5, 0.6) is 0 Å². The van der Waals surface area contributed by atoms with E-state index in [1.54, 1.807) is 11.8 Å². The fourth-order valence-corrected chi connectivity index (χ4v) is 4.75. The second-order valence-corrected chi connectivity index (χ2v) is 9.52. The van der Waals surface area contributed by atoms with Crippen LogP contribution in [0.4, 0.5) is 0 Å². The summed E-state index contributed by atoms with van der Waals surface area (Å²) < 4.78 is 1.07. The monoisotopic (exact) mass is 436 g/mol. The summed E-state index contributed by atoms with van der Waals surface area (Å²) in [6.45, 7) is 4.41. The number of unbranched alkanes of at least 4 members (excludes halogenated alkanes) is 7. The highest BCUT2D eigenvalue weighted by Gasteiger charge is 2.11. The van der Waals surface area contributed by atoms with E-state index >= 15 is 0 Å². The maximum absolute atomic E-state index is 6.24. The van der Waals surface area contributed by atoms with E-state index in [-0.39, 0.29) is 0 Å². The van der Waals surface area contributed by atoms with Crippen LogP contribution in [0.3, 0.4) is 0 Å². The summed E-state index contributed by atoms with van der Waals surface area (Å²) in [6, 6.07) is 0. The normalized spacial score (nSPS) is 13.8. The van der Waals surface area contributed by atoms with Gasteiger partial charge in [0.2, 0.25) is 0 Å². The Morgan fingerprint density at radius 3 is 1.39 bits per heavy atom. The molecule has 0 saturated heterocycles. The summed E-state index contributed by atoms with van der Waals surface area (Å²) in [7, 11) is 0. The summed E-state index contributed by atoms with van der Waals surface area (Å²) in [5.74, 6) is 1.92. The summed E-state index contributed by atoms with van der Waals surface area (Å²) in [6.07, 6.45) is 11.1. The van der Waals surface area contributed by atoms with E-state index in [0.717, 1.165) is 24.3 Å². The summed E-state index contributed by atoms with van der Waals surface area (Å²) >= 11 is 28.0. The molecule has 0 saturated carbocycles. The van der Waals surface area contributed by atoms with Gasteiger partial charge >= 0.3 is 0 Å². The maximum atomic E-state index is 6.24. The average Bonchev–Trinajstić information content (AvgIpc) is 2.56. The van der Waals surface area contributed by atoms with E-state index in [0.29, 0.717) is 18.8 Å². The fraction of sp³-hybridized carbons (Fsp3) is 0.765. The molecule has 0 nitrogen and oxygen atoms in total. The first-order valence-corrected chi connectivity index (χ1v) is 11.9. The van der Waals surface area contributed by atoms with Gasteiger partial charge < -0.3 is 0 Å². The van der Waals surface area contributed by atoms with Gasteiger partial charge in [0.15, 0.2) is 0 Å². The molecule has 0 spiro atoms. The second kappa shape index (κ2) is 16.8. The minimum atomic E-state index is 0.371. The predicted molar refractivity (Wildman–Crippen MR) is 115 cm³/mol. The van der Waals surface area contributed by atoms with Crippen LogP contribution in [0.1, 0.15) is 71.6 Å². The lowest BCUT2D eigenvalue weighted by Crippen LogP contribution is -1.85. The Labute approximate surface area is 171 Å². The number of hydrogen-bond acceptors (Lipinski definition) is 2. The Kier molecular flexibility index (Phi) is 17.8. The van der Waals surface area contributed by atoms with Crippen molar-refractivity contribution in [3.05, 3.63) is 18.8 Å². The molecule has 0 bridgehead atoms. The third-order valence-electron chi connectivity index (χ3n) is 3.24. The van der Waals surface area contributed by atoms with Crippen molar-refractivity contribution in [2.24, 2.45) is 0 Å². The molecular weight excluding hydrogens is 410 g/mol. The SMILES string of the molecule is CCCCCCCCS/C(Cl)=C(Cl)\C(Cl)=C(\Cl)SCCCCC. The standard InChI is InChI=1S/C17H28Cl4S2/c1-3-5-7-8-9-11-13-23-17(21)15(19)14(18)16(20)22-12-10-6-4-2/h3-13H2,1-2H3/b16-14+,17-15+. The smallest absolute Gasteiger partial charge is 0.0937 e. The highest BCUT2D eigenvalue weighted by molar-refractivity contribution is 8.05. The third kappa shape index (κ3) is 13.2. The third-order valence-corrected chi connectivity index (χ3v) is 7.44. The van der Waals surface area contributed by atoms with E-state index in [1.165, 1.54) is 56.7 Å². The molecule has 0 rings (SSSR count). The first-order valence-electron chi connectivity index (χ1n) is 8.41. The molecular formula is C17H28Cl4S2. The molecule has 0 radical (unpaired) electrons. The van der Waals surface area contributed by atoms with Gasteiger partial charge in [0.1, 0.15) is 0 Å². The minimum Gasteiger partial charge on any atom is -0.112 e. The first-order chi connectivity index (χ1) is 11.0. The second-order valence-electron chi connectivity index (χ2n) is 5.35. The van der Waals surface area contributed by atoms with Crippen LogP contribution in [-0.4, -0.2) is 11.5 Å². The first kappa shape index (κ1) is 24.3. The van der Waals surface area contributed by atoms with Crippen molar-refractivity contribution >= 4 is 69.9 Å². The molecule has 0 heterocycles. The fourth-order valence-electron chi connectivity index (χ4n) is 1.86. The Balaban J connectivity index is 4.14. The molecule has 0 N–H and O–H groups in total. The van der Waals surface area contributed by atoms with E-state index in [4.69, 9.17) is 46.4 Å². The van der Waals surface area contributed by atoms with Crippen molar-refractivity contribution in [1.29, 1.82) is 0 Å². The molecule has 23 heavy (non-hydrogen) atoms. The van der Waals surface area contributed by atoms with Crippen LogP contribution in [0.15, 0.2) is 18.8 Å². The van der Waals surface area contributed by atoms with Crippen LogP contribution in [0.25, 0.3) is 0 Å². The molecule has 0 aromatic carbocycles. The number of thioether (sulfide) groups is 2. The highest BCUT2D eigenvalue weighted by Crippen LogP contribution is 2.38. The summed E-state index contributed by atoms with van der Waals surface area (Å²) in [4.78, 5) is 0. The van der Waals surface area contributed by atoms with Crippen molar-refractivity contribution in [2.45, 2.75) is 71.6 Å². The van der Waals surface area contributed by atoms with Crippen LogP contribution < -0.4 is 0 Å². The van der Waals surface area contributed by atoms with Gasteiger partial charge in [-0.15, -0.1) is 23.5 Å². The molecule has 0 aromatic heterocycles. The number of halogens is 4. The lowest BCUT2D eigenvalue weighted by atomic mass is 10.1. The molecule has 0 unspecified atom stereocenters. The quantitative estimate of drug-likeness (QED) is 0.196. The van der Waals surface area contributed by atoms with Crippen molar-refractivity contribution < 1.29 is 0 Å². The van der Waals surface area contributed by atoms with Gasteiger partial charge in [-0.2, -0.15) is 0 Å². The Morgan fingerprint density at radius 1 is 0.565 bits per heavy atom. The van der Waals surface area contributed by atoms with E-state index < -0.39 is 0 Å². The topological polar surface area (TPSA) is 0 Å². The average molecular weight is 438 g/mol. The maximum Gasteiger partial charge on any atom is 0.0937 e. The molecule has 0 aliphatic rings. The molecule has 0 aliphatic heterocycles. The molecule has 6 heteroatoms. The largest absolute Gasteiger partial charge is 0.112 e. The van der Waals surface area contributed by atoms with Crippen molar-refractivity contribution in [1.82, 2.24) is 0 Å². The molecule has 0 atom stereocenters. The van der Waals surface area contributed by atoms with Gasteiger partial charge in [-0.25, -0.2) is 0 Å². The number of hydrogen-bond donors (Lipinski definition) is 0. The summed E-state index contributed by atoms with van der Waals surface area (Å²) in [5.41, 5.74) is 0. The van der Waals surface area contributed by atoms with Gasteiger partial charge in [0.25, 0.3) is 0 Å². The van der Waals surface area contributed by atoms with Gasteiger partial charge in [0.05, 0.1) is 18.8 Å². The van der Waals surface area contributed by atoms with Crippen molar-refractivity contribution in [3.63, 3.8) is 0 Å². The van der Waals surface area contributed by atoms with Crippen LogP contribution in [-0.2, 0) is 0 Å². The van der Waals surface area contributed by atoms with Crippen LogP contribution in [0, 0.1) is 0 Å². The lowest BCUT2D eigenvalue weighted by Gasteiger charge is -2.06. The van der Waals surface area contributed by atoms with Gasteiger partial charge in [-0.05, 0) is 24.3 Å². The predicted octanol–water partition coefficient (Wildman–Crippen LogP) is 9.30. The van der Waals surface area contributed by atoms with Crippen molar-refractivity contribution in [2.75, 3.05) is 11.5 Å². The van der Waals surface area contributed by atoms with Gasteiger partial charge in [0, 0.05) is 0 Å². The number of allylic oxidation sites excluding steroid dienone is 2. The zero-order valence-corrected chi connectivity index (χ0v) is 18.8. The zero-order valence-electron chi connectivity index (χ0n) is 14.1. The summed E-state index contributed by atoms with van der Waals surface area (Å²) in [5, 5.41) is 0.743. The van der Waals surface area contributed by atoms with Crippen molar-refractivity contribution in [3.8, 4) is 0 Å². The zero-order chi connectivity index (χ0) is 17.5. The van der Waals surface area contributed by atoms with Gasteiger partial charge in [-0.1, -0.05) is 105 Å². The molecule has 136 valence electrons. The molecule has 0 fully saturated rings. The Bertz CT molecular complexity index is 368. The molecule has 0 amide bonds. The highest BCUT2D eigenvalue weighted by atomic mass is 35.5. The van der Waals surface area contributed by atoms with Crippen LogP contribution in [0.2, 0.25) is 0 Å². The van der Waals surface area contributed by atoms with E-state index in [9.17, 15) is 0 Å². The van der Waals surface area contributed by atoms with E-state index in [1.807, 2.05) is 0 Å². The van der Waals surface area contributed by atoms with Crippen LogP contribution >= 0.6 is 69.9 Å². The minimum absolute atomic E-state index is 0.371. The van der Waals surface area contributed by atoms with Gasteiger partial charge in [-0.3, -0.25) is 0 Å².